The summed E-state index contributed by atoms with van der Waals surface area (Å²) in [4.78, 5) is 23.2. The highest BCUT2D eigenvalue weighted by Crippen LogP contribution is 2.02. The van der Waals surface area contributed by atoms with Gasteiger partial charge in [0.05, 0.1) is 6.04 Å². The fourth-order valence-corrected chi connectivity index (χ4v) is 1.41. The molecule has 4 N–H and O–H groups in total. The fourth-order valence-electron chi connectivity index (χ4n) is 1.41. The van der Waals surface area contributed by atoms with E-state index >= 15 is 0 Å². The maximum Gasteiger partial charge on any atom is 0.242 e. The standard InChI is InChI=1S/C12H25N3O2/c1-7(2)6-10(13)12(17)15-9(5)11(16)14-8(3)4/h7-10H,6,13H2,1-5H3,(H,14,16)(H,15,17)/t9?,10-/m0/s1. The first kappa shape index (κ1) is 15.9. The summed E-state index contributed by atoms with van der Waals surface area (Å²) >= 11 is 0. The zero-order valence-electron chi connectivity index (χ0n) is 11.4. The highest BCUT2D eigenvalue weighted by Gasteiger charge is 2.20. The first-order valence-corrected chi connectivity index (χ1v) is 6.10. The van der Waals surface area contributed by atoms with Crippen LogP contribution in [0.2, 0.25) is 0 Å². The predicted octanol–water partition coefficient (Wildman–Crippen LogP) is 0.389. The van der Waals surface area contributed by atoms with Gasteiger partial charge in [-0.05, 0) is 33.1 Å². The zero-order chi connectivity index (χ0) is 13.6. The molecule has 0 saturated heterocycles. The molecule has 2 atom stereocenters. The summed E-state index contributed by atoms with van der Waals surface area (Å²) in [6.07, 6.45) is 0.615. The van der Waals surface area contributed by atoms with Gasteiger partial charge in [-0.3, -0.25) is 9.59 Å². The Kier molecular flexibility index (Phi) is 6.80. The molecule has 5 heteroatoms. The van der Waals surface area contributed by atoms with Crippen LogP contribution < -0.4 is 16.4 Å². The average molecular weight is 243 g/mol. The Labute approximate surface area is 104 Å². The molecule has 17 heavy (non-hydrogen) atoms. The van der Waals surface area contributed by atoms with Gasteiger partial charge in [-0.1, -0.05) is 13.8 Å². The van der Waals surface area contributed by atoms with Crippen LogP contribution >= 0.6 is 0 Å². The third-order valence-electron chi connectivity index (χ3n) is 2.25. The second-order valence-corrected chi connectivity index (χ2v) is 5.13. The van der Waals surface area contributed by atoms with Crippen molar-refractivity contribution in [3.8, 4) is 0 Å². The van der Waals surface area contributed by atoms with Crippen LogP contribution in [0.4, 0.5) is 0 Å². The van der Waals surface area contributed by atoms with Gasteiger partial charge in [0, 0.05) is 6.04 Å². The molecular formula is C12H25N3O2. The van der Waals surface area contributed by atoms with Gasteiger partial charge in [0.25, 0.3) is 0 Å². The molecular weight excluding hydrogens is 218 g/mol. The molecule has 0 heterocycles. The van der Waals surface area contributed by atoms with Crippen molar-refractivity contribution in [3.63, 3.8) is 0 Å². The van der Waals surface area contributed by atoms with Crippen molar-refractivity contribution >= 4 is 11.8 Å². The second-order valence-electron chi connectivity index (χ2n) is 5.13. The molecule has 5 nitrogen and oxygen atoms in total. The number of nitrogens with one attached hydrogen (secondary N) is 2. The monoisotopic (exact) mass is 243 g/mol. The Balaban J connectivity index is 4.15. The van der Waals surface area contributed by atoms with Crippen LogP contribution in [0.15, 0.2) is 0 Å². The van der Waals surface area contributed by atoms with Gasteiger partial charge in [0.2, 0.25) is 11.8 Å². The molecule has 0 aliphatic rings. The summed E-state index contributed by atoms with van der Waals surface area (Å²) in [6.45, 7) is 9.40. The van der Waals surface area contributed by atoms with Gasteiger partial charge in [-0.15, -0.1) is 0 Å². The Bertz CT molecular complexity index is 264. The van der Waals surface area contributed by atoms with Crippen LogP contribution in [0.5, 0.6) is 0 Å². The Morgan fingerprint density at radius 1 is 1.00 bits per heavy atom. The Morgan fingerprint density at radius 2 is 1.53 bits per heavy atom. The molecule has 0 aliphatic carbocycles. The lowest BCUT2D eigenvalue weighted by atomic mass is 10.0. The molecule has 0 spiro atoms. The van der Waals surface area contributed by atoms with Gasteiger partial charge in [-0.2, -0.15) is 0 Å². The van der Waals surface area contributed by atoms with E-state index in [1.165, 1.54) is 0 Å². The van der Waals surface area contributed by atoms with E-state index in [-0.39, 0.29) is 17.9 Å². The molecule has 0 aromatic rings. The van der Waals surface area contributed by atoms with Crippen molar-refractivity contribution in [1.29, 1.82) is 0 Å². The summed E-state index contributed by atoms with van der Waals surface area (Å²) < 4.78 is 0. The largest absolute Gasteiger partial charge is 0.352 e. The average Bonchev–Trinajstić information content (AvgIpc) is 2.15. The molecule has 0 radical (unpaired) electrons. The normalized spacial score (nSPS) is 14.6. The van der Waals surface area contributed by atoms with E-state index in [0.29, 0.717) is 12.3 Å². The van der Waals surface area contributed by atoms with E-state index in [1.54, 1.807) is 6.92 Å². The number of hydrogen-bond donors (Lipinski definition) is 3. The van der Waals surface area contributed by atoms with Crippen LogP contribution in [-0.2, 0) is 9.59 Å². The van der Waals surface area contributed by atoms with Gasteiger partial charge in [-0.25, -0.2) is 0 Å². The zero-order valence-corrected chi connectivity index (χ0v) is 11.4. The molecule has 2 amide bonds. The summed E-state index contributed by atoms with van der Waals surface area (Å²) in [7, 11) is 0. The summed E-state index contributed by atoms with van der Waals surface area (Å²) in [5, 5.41) is 5.35. The van der Waals surface area contributed by atoms with E-state index in [2.05, 4.69) is 10.6 Å². The van der Waals surface area contributed by atoms with Crippen LogP contribution in [0.1, 0.15) is 41.0 Å². The molecule has 0 bridgehead atoms. The lowest BCUT2D eigenvalue weighted by Gasteiger charge is -2.19. The maximum atomic E-state index is 11.7. The highest BCUT2D eigenvalue weighted by atomic mass is 16.2. The van der Waals surface area contributed by atoms with Gasteiger partial charge >= 0.3 is 0 Å². The molecule has 0 aromatic carbocycles. The van der Waals surface area contributed by atoms with Crippen molar-refractivity contribution in [2.24, 2.45) is 11.7 Å². The van der Waals surface area contributed by atoms with Gasteiger partial charge in [0.15, 0.2) is 0 Å². The molecule has 0 fully saturated rings. The maximum absolute atomic E-state index is 11.7. The van der Waals surface area contributed by atoms with E-state index in [0.717, 1.165) is 0 Å². The Morgan fingerprint density at radius 3 is 1.94 bits per heavy atom. The van der Waals surface area contributed by atoms with Crippen LogP contribution in [0.25, 0.3) is 0 Å². The SMILES string of the molecule is CC(C)C[C@H](N)C(=O)NC(C)C(=O)NC(C)C. The van der Waals surface area contributed by atoms with E-state index in [1.807, 2.05) is 27.7 Å². The molecule has 100 valence electrons. The van der Waals surface area contributed by atoms with Crippen molar-refractivity contribution in [2.45, 2.75) is 59.2 Å². The predicted molar refractivity (Wildman–Crippen MR) is 68.3 cm³/mol. The molecule has 0 aromatic heterocycles. The number of nitrogens with two attached hydrogens (primary N) is 1. The number of hydrogen-bond acceptors (Lipinski definition) is 3. The van der Waals surface area contributed by atoms with Crippen molar-refractivity contribution < 1.29 is 9.59 Å². The molecule has 0 rings (SSSR count). The van der Waals surface area contributed by atoms with Gasteiger partial charge < -0.3 is 16.4 Å². The molecule has 1 unspecified atom stereocenters. The smallest absolute Gasteiger partial charge is 0.242 e. The number of carbonyl (C=O) groups excluding carboxylic acids is 2. The first-order valence-electron chi connectivity index (χ1n) is 6.10. The molecule has 0 saturated carbocycles. The third kappa shape index (κ3) is 6.94. The first-order chi connectivity index (χ1) is 7.73. The third-order valence-corrected chi connectivity index (χ3v) is 2.25. The molecule has 0 aliphatic heterocycles. The summed E-state index contributed by atoms with van der Waals surface area (Å²) in [5.41, 5.74) is 5.72. The second kappa shape index (κ2) is 7.27. The van der Waals surface area contributed by atoms with E-state index in [9.17, 15) is 9.59 Å². The topological polar surface area (TPSA) is 84.2 Å². The van der Waals surface area contributed by atoms with Crippen LogP contribution in [0.3, 0.4) is 0 Å². The summed E-state index contributed by atoms with van der Waals surface area (Å²) in [6, 6.07) is -1.04. The summed E-state index contributed by atoms with van der Waals surface area (Å²) in [5.74, 6) is -0.106. The van der Waals surface area contributed by atoms with Crippen molar-refractivity contribution in [2.75, 3.05) is 0 Å². The quantitative estimate of drug-likeness (QED) is 0.631. The van der Waals surface area contributed by atoms with Crippen molar-refractivity contribution in [1.82, 2.24) is 10.6 Å². The van der Waals surface area contributed by atoms with E-state index < -0.39 is 12.1 Å². The highest BCUT2D eigenvalue weighted by molar-refractivity contribution is 5.89. The van der Waals surface area contributed by atoms with E-state index in [4.69, 9.17) is 5.73 Å². The van der Waals surface area contributed by atoms with Gasteiger partial charge in [0.1, 0.15) is 6.04 Å². The minimum atomic E-state index is -0.553. The number of amides is 2. The van der Waals surface area contributed by atoms with Crippen LogP contribution in [0, 0.1) is 5.92 Å². The fraction of sp³-hybridized carbons (Fsp3) is 0.833. The number of rotatable bonds is 6. The van der Waals surface area contributed by atoms with Crippen LogP contribution in [-0.4, -0.2) is 29.9 Å². The lowest BCUT2D eigenvalue weighted by Crippen LogP contribution is -2.51. The minimum Gasteiger partial charge on any atom is -0.352 e. The minimum absolute atomic E-state index is 0.0613. The van der Waals surface area contributed by atoms with Crippen molar-refractivity contribution in [3.05, 3.63) is 0 Å². The lowest BCUT2D eigenvalue weighted by molar-refractivity contribution is -0.129. The Hall–Kier alpha value is -1.10. The number of carbonyl (C=O) groups is 2.